The van der Waals surface area contributed by atoms with Crippen LogP contribution in [0, 0.1) is 5.41 Å². The molecule has 11 nitrogen and oxygen atoms in total. The van der Waals surface area contributed by atoms with Gasteiger partial charge >= 0.3 is 16.4 Å². The Morgan fingerprint density at radius 3 is 2.74 bits per heavy atom. The van der Waals surface area contributed by atoms with Gasteiger partial charge in [0.25, 0.3) is 5.91 Å². The molecule has 3 unspecified atom stereocenters. The Labute approximate surface area is 157 Å². The van der Waals surface area contributed by atoms with E-state index in [1.165, 1.54) is 4.90 Å². The summed E-state index contributed by atoms with van der Waals surface area (Å²) < 4.78 is 35.6. The summed E-state index contributed by atoms with van der Waals surface area (Å²) in [6.45, 7) is 1.55. The molecule has 3 amide bonds. The Balaban J connectivity index is 1.40. The zero-order valence-electron chi connectivity index (χ0n) is 15.0. The molecule has 0 aromatic heterocycles. The van der Waals surface area contributed by atoms with Crippen molar-refractivity contribution in [3.8, 4) is 0 Å². The lowest BCUT2D eigenvalue weighted by molar-refractivity contribution is -0.141. The van der Waals surface area contributed by atoms with E-state index in [-0.39, 0.29) is 18.0 Å². The SMILES string of the molecule is CN1CCCC1CONC(=O)C1CC2(CC2)C2CN1C(=O)N2OS(=O)(=O)O. The van der Waals surface area contributed by atoms with E-state index in [2.05, 4.69) is 14.7 Å². The molecule has 152 valence electrons. The number of carbonyl (C=O) groups is 2. The van der Waals surface area contributed by atoms with Crippen molar-refractivity contribution in [2.24, 2.45) is 5.41 Å². The molecule has 1 saturated carbocycles. The van der Waals surface area contributed by atoms with Crippen LogP contribution in [0.4, 0.5) is 4.79 Å². The van der Waals surface area contributed by atoms with Crippen LogP contribution >= 0.6 is 0 Å². The zero-order valence-corrected chi connectivity index (χ0v) is 15.9. The number of piperidine rings is 1. The molecule has 2 bridgehead atoms. The van der Waals surface area contributed by atoms with Crippen LogP contribution in [-0.4, -0.2) is 84.6 Å². The summed E-state index contributed by atoms with van der Waals surface area (Å²) in [5.41, 5.74) is 2.09. The summed E-state index contributed by atoms with van der Waals surface area (Å²) >= 11 is 0. The van der Waals surface area contributed by atoms with Crippen LogP contribution in [0.15, 0.2) is 0 Å². The van der Waals surface area contributed by atoms with E-state index < -0.39 is 34.4 Å². The van der Waals surface area contributed by atoms with Crippen LogP contribution in [0.25, 0.3) is 0 Å². The second kappa shape index (κ2) is 6.55. The Morgan fingerprint density at radius 2 is 2.15 bits per heavy atom. The minimum absolute atomic E-state index is 0.178. The van der Waals surface area contributed by atoms with E-state index >= 15 is 0 Å². The minimum Gasteiger partial charge on any atom is -0.309 e. The Bertz CT molecular complexity index is 740. The van der Waals surface area contributed by atoms with Gasteiger partial charge < -0.3 is 9.80 Å². The van der Waals surface area contributed by atoms with Gasteiger partial charge in [0.15, 0.2) is 0 Å². The lowest BCUT2D eigenvalue weighted by Gasteiger charge is -2.35. The molecule has 3 saturated heterocycles. The summed E-state index contributed by atoms with van der Waals surface area (Å²) in [5.74, 6) is -0.428. The molecular formula is C15H24N4O7S. The average Bonchev–Trinajstić information content (AvgIpc) is 3.15. The van der Waals surface area contributed by atoms with Crippen LogP contribution in [0.1, 0.15) is 32.1 Å². The number of amides is 3. The molecule has 3 heterocycles. The van der Waals surface area contributed by atoms with Crippen LogP contribution in [0.3, 0.4) is 0 Å². The molecule has 1 spiro atoms. The largest absolute Gasteiger partial charge is 0.418 e. The molecule has 27 heavy (non-hydrogen) atoms. The summed E-state index contributed by atoms with van der Waals surface area (Å²) in [5, 5.41) is 0.698. The first kappa shape index (κ1) is 18.9. The van der Waals surface area contributed by atoms with Crippen molar-refractivity contribution in [3.63, 3.8) is 0 Å². The highest BCUT2D eigenvalue weighted by atomic mass is 32.3. The highest BCUT2D eigenvalue weighted by molar-refractivity contribution is 7.80. The van der Waals surface area contributed by atoms with Crippen LogP contribution in [-0.2, 0) is 24.3 Å². The van der Waals surface area contributed by atoms with Gasteiger partial charge in [-0.1, -0.05) is 0 Å². The van der Waals surface area contributed by atoms with Crippen molar-refractivity contribution in [3.05, 3.63) is 0 Å². The molecule has 0 aromatic carbocycles. The fourth-order valence-electron chi connectivity index (χ4n) is 4.52. The molecule has 3 aliphatic heterocycles. The number of carbonyl (C=O) groups excluding carboxylic acids is 2. The standard InChI is InChI=1S/C15H24N4O7S/c1-17-6-2-3-10(17)9-25-16-13(20)11-7-15(4-5-15)12-8-18(11)14(21)19(12)26-27(22,23)24/h10-12H,2-9H2,1H3,(H,16,20)(H,22,23,24). The lowest BCUT2D eigenvalue weighted by Crippen LogP contribution is -2.53. The van der Waals surface area contributed by atoms with Crippen molar-refractivity contribution >= 4 is 22.3 Å². The number of nitrogens with zero attached hydrogens (tertiary/aromatic N) is 3. The monoisotopic (exact) mass is 404 g/mol. The molecule has 4 aliphatic rings. The first-order valence-electron chi connectivity index (χ1n) is 9.09. The number of nitrogens with one attached hydrogen (secondary N) is 1. The molecular weight excluding hydrogens is 380 g/mol. The summed E-state index contributed by atoms with van der Waals surface area (Å²) in [7, 11) is -2.81. The van der Waals surface area contributed by atoms with Gasteiger partial charge in [-0.05, 0) is 51.1 Å². The number of likely N-dealkylation sites (tertiary alicyclic amines) is 1. The van der Waals surface area contributed by atoms with Crippen molar-refractivity contribution in [2.45, 2.75) is 50.2 Å². The van der Waals surface area contributed by atoms with Crippen molar-refractivity contribution in [2.75, 3.05) is 26.7 Å². The smallest absolute Gasteiger partial charge is 0.309 e. The fraction of sp³-hybridized carbons (Fsp3) is 0.867. The molecule has 12 heteroatoms. The Hall–Kier alpha value is -1.47. The molecule has 4 fully saturated rings. The third kappa shape index (κ3) is 3.51. The van der Waals surface area contributed by atoms with Crippen molar-refractivity contribution < 1.29 is 31.7 Å². The molecule has 3 atom stereocenters. The molecule has 2 N–H and O–H groups in total. The van der Waals surface area contributed by atoms with E-state index in [9.17, 15) is 18.0 Å². The van der Waals surface area contributed by atoms with Gasteiger partial charge in [-0.3, -0.25) is 14.2 Å². The van der Waals surface area contributed by atoms with E-state index in [1.807, 2.05) is 7.05 Å². The van der Waals surface area contributed by atoms with Gasteiger partial charge in [-0.2, -0.15) is 13.5 Å². The molecule has 0 radical (unpaired) electrons. The van der Waals surface area contributed by atoms with Crippen LogP contribution in [0.2, 0.25) is 0 Å². The Kier molecular flexibility index (Phi) is 4.58. The number of hydroxylamine groups is 3. The predicted octanol–water partition coefficient (Wildman–Crippen LogP) is -0.478. The highest BCUT2D eigenvalue weighted by Crippen LogP contribution is 2.59. The quantitative estimate of drug-likeness (QED) is 0.449. The zero-order chi connectivity index (χ0) is 19.4. The van der Waals surface area contributed by atoms with Gasteiger partial charge in [0.1, 0.15) is 6.04 Å². The maximum Gasteiger partial charge on any atom is 0.418 e. The fourth-order valence-corrected chi connectivity index (χ4v) is 4.89. The van der Waals surface area contributed by atoms with Gasteiger partial charge in [-0.25, -0.2) is 10.3 Å². The second-order valence-electron chi connectivity index (χ2n) is 7.92. The molecule has 1 aliphatic carbocycles. The summed E-state index contributed by atoms with van der Waals surface area (Å²) in [4.78, 5) is 34.0. The van der Waals surface area contributed by atoms with E-state index in [0.29, 0.717) is 18.1 Å². The van der Waals surface area contributed by atoms with Gasteiger partial charge in [-0.15, -0.1) is 4.28 Å². The number of likely N-dealkylation sites (N-methyl/N-ethyl adjacent to an activating group) is 1. The molecule has 0 aromatic rings. The Morgan fingerprint density at radius 1 is 1.41 bits per heavy atom. The van der Waals surface area contributed by atoms with E-state index in [4.69, 9.17) is 9.39 Å². The average molecular weight is 404 g/mol. The van der Waals surface area contributed by atoms with E-state index in [0.717, 1.165) is 32.2 Å². The number of hydrogen-bond acceptors (Lipinski definition) is 7. The minimum atomic E-state index is -4.82. The van der Waals surface area contributed by atoms with Crippen LogP contribution in [0.5, 0.6) is 0 Å². The number of fused-ring (bicyclic) bond motifs is 3. The van der Waals surface area contributed by atoms with Gasteiger partial charge in [0, 0.05) is 12.6 Å². The topological polar surface area (TPSA) is 129 Å². The number of rotatable bonds is 6. The summed E-state index contributed by atoms with van der Waals surface area (Å²) in [6, 6.07) is -1.74. The third-order valence-corrected chi connectivity index (χ3v) is 6.61. The first-order valence-corrected chi connectivity index (χ1v) is 10.5. The van der Waals surface area contributed by atoms with Crippen LogP contribution < -0.4 is 5.48 Å². The second-order valence-corrected chi connectivity index (χ2v) is 8.92. The summed E-state index contributed by atoms with van der Waals surface area (Å²) in [6.07, 6.45) is 4.04. The first-order chi connectivity index (χ1) is 12.7. The number of hydrogen-bond donors (Lipinski definition) is 2. The third-order valence-electron chi connectivity index (χ3n) is 6.26. The lowest BCUT2D eigenvalue weighted by atomic mass is 9.85. The predicted molar refractivity (Wildman–Crippen MR) is 90.2 cm³/mol. The normalized spacial score (nSPS) is 32.4. The van der Waals surface area contributed by atoms with Crippen molar-refractivity contribution in [1.82, 2.24) is 20.3 Å². The van der Waals surface area contributed by atoms with E-state index in [1.54, 1.807) is 0 Å². The number of urea groups is 1. The maximum atomic E-state index is 12.6. The highest BCUT2D eigenvalue weighted by Gasteiger charge is 2.65. The van der Waals surface area contributed by atoms with Crippen molar-refractivity contribution in [1.29, 1.82) is 0 Å². The van der Waals surface area contributed by atoms with Gasteiger partial charge in [0.05, 0.1) is 12.6 Å². The maximum absolute atomic E-state index is 12.6. The van der Waals surface area contributed by atoms with Gasteiger partial charge in [0.2, 0.25) is 0 Å². The molecule has 4 rings (SSSR count).